The van der Waals surface area contributed by atoms with E-state index in [1.54, 1.807) is 11.8 Å². The molecule has 0 spiro atoms. The third kappa shape index (κ3) is 2.95. The Hall–Kier alpha value is -1.59. The average Bonchev–Trinajstić information content (AvgIpc) is 2.31. The van der Waals surface area contributed by atoms with E-state index in [9.17, 15) is 0 Å². The molecule has 0 amide bonds. The van der Waals surface area contributed by atoms with Crippen LogP contribution in [0.1, 0.15) is 11.4 Å². The highest BCUT2D eigenvalue weighted by atomic mass is 32.2. The monoisotopic (exact) mass is 246 g/mol. The maximum Gasteiger partial charge on any atom is 0.144 e. The molecule has 0 bridgehead atoms. The van der Waals surface area contributed by atoms with Crippen molar-refractivity contribution in [2.75, 3.05) is 5.43 Å². The Balaban J connectivity index is 2.30. The molecule has 5 heteroatoms. The molecule has 0 saturated carbocycles. The smallest absolute Gasteiger partial charge is 0.144 e. The number of aryl methyl sites for hydroxylation is 2. The first kappa shape index (κ1) is 11.9. The molecule has 0 aliphatic carbocycles. The molecular formula is C12H14N4S. The van der Waals surface area contributed by atoms with Crippen LogP contribution in [0.4, 0.5) is 5.82 Å². The van der Waals surface area contributed by atoms with Crippen molar-refractivity contribution in [3.63, 3.8) is 0 Å². The van der Waals surface area contributed by atoms with Crippen LogP contribution in [0, 0.1) is 13.8 Å². The van der Waals surface area contributed by atoms with Gasteiger partial charge in [-0.15, -0.1) is 0 Å². The van der Waals surface area contributed by atoms with E-state index in [0.717, 1.165) is 5.03 Å². The Bertz CT molecular complexity index is 528. The van der Waals surface area contributed by atoms with Gasteiger partial charge in [-0.25, -0.2) is 15.8 Å². The molecule has 0 atom stereocenters. The number of aromatic nitrogens is 2. The Labute approximate surface area is 105 Å². The molecule has 0 radical (unpaired) electrons. The predicted molar refractivity (Wildman–Crippen MR) is 69.9 cm³/mol. The van der Waals surface area contributed by atoms with Crippen molar-refractivity contribution in [1.29, 1.82) is 0 Å². The maximum absolute atomic E-state index is 5.36. The second-order valence-corrected chi connectivity index (χ2v) is 4.71. The number of nitrogen functional groups attached to an aromatic ring is 1. The topological polar surface area (TPSA) is 63.8 Å². The van der Waals surface area contributed by atoms with E-state index < -0.39 is 0 Å². The van der Waals surface area contributed by atoms with Gasteiger partial charge >= 0.3 is 0 Å². The zero-order chi connectivity index (χ0) is 12.3. The fraction of sp³-hybridized carbons (Fsp3) is 0.167. The molecule has 4 nitrogen and oxygen atoms in total. The summed E-state index contributed by atoms with van der Waals surface area (Å²) in [6, 6.07) is 10.0. The summed E-state index contributed by atoms with van der Waals surface area (Å²) in [6.45, 7) is 3.93. The number of nitrogens with one attached hydrogen (secondary N) is 1. The lowest BCUT2D eigenvalue weighted by atomic mass is 10.2. The third-order valence-electron chi connectivity index (χ3n) is 2.27. The van der Waals surface area contributed by atoms with Crippen LogP contribution in [0.3, 0.4) is 0 Å². The van der Waals surface area contributed by atoms with Gasteiger partial charge < -0.3 is 5.43 Å². The molecule has 1 heterocycles. The van der Waals surface area contributed by atoms with Crippen LogP contribution in [0.2, 0.25) is 0 Å². The van der Waals surface area contributed by atoms with Crippen molar-refractivity contribution in [3.8, 4) is 0 Å². The van der Waals surface area contributed by atoms with E-state index in [1.165, 1.54) is 10.5 Å². The summed E-state index contributed by atoms with van der Waals surface area (Å²) in [5, 5.41) is 0.889. The van der Waals surface area contributed by atoms with Gasteiger partial charge in [-0.3, -0.25) is 0 Å². The van der Waals surface area contributed by atoms with Gasteiger partial charge in [0.25, 0.3) is 0 Å². The third-order valence-corrected chi connectivity index (χ3v) is 3.37. The van der Waals surface area contributed by atoms with Crippen LogP contribution < -0.4 is 11.3 Å². The van der Waals surface area contributed by atoms with Gasteiger partial charge in [-0.05, 0) is 25.5 Å². The molecule has 1 aromatic carbocycles. The zero-order valence-electron chi connectivity index (χ0n) is 9.77. The Morgan fingerprint density at radius 3 is 2.65 bits per heavy atom. The normalized spacial score (nSPS) is 10.3. The highest BCUT2D eigenvalue weighted by Crippen LogP contribution is 2.29. The van der Waals surface area contributed by atoms with Crippen LogP contribution in [-0.4, -0.2) is 9.97 Å². The summed E-state index contributed by atoms with van der Waals surface area (Å²) in [6.07, 6.45) is 0. The van der Waals surface area contributed by atoms with Gasteiger partial charge in [0.15, 0.2) is 0 Å². The number of benzene rings is 1. The summed E-state index contributed by atoms with van der Waals surface area (Å²) in [5.41, 5.74) is 3.78. The van der Waals surface area contributed by atoms with Crippen LogP contribution >= 0.6 is 11.8 Å². The molecule has 0 aliphatic rings. The van der Waals surface area contributed by atoms with Crippen LogP contribution in [0.25, 0.3) is 0 Å². The van der Waals surface area contributed by atoms with Gasteiger partial charge in [0.1, 0.15) is 16.7 Å². The van der Waals surface area contributed by atoms with Crippen LogP contribution in [0.5, 0.6) is 0 Å². The summed E-state index contributed by atoms with van der Waals surface area (Å²) in [4.78, 5) is 9.72. The Morgan fingerprint density at radius 1 is 1.18 bits per heavy atom. The molecule has 17 heavy (non-hydrogen) atoms. The lowest BCUT2D eigenvalue weighted by Gasteiger charge is -2.06. The standard InChI is InChI=1S/C12H14N4S/c1-8-5-3-4-6-10(8)17-12-7-11(16-13)14-9(2)15-12/h3-7H,13H2,1-2H3,(H,14,15,16). The van der Waals surface area contributed by atoms with Gasteiger partial charge in [0.2, 0.25) is 0 Å². The zero-order valence-corrected chi connectivity index (χ0v) is 10.6. The lowest BCUT2D eigenvalue weighted by molar-refractivity contribution is 0.963. The van der Waals surface area contributed by atoms with E-state index in [1.807, 2.05) is 25.1 Å². The van der Waals surface area contributed by atoms with Crippen LogP contribution in [0.15, 0.2) is 40.3 Å². The van der Waals surface area contributed by atoms with E-state index in [4.69, 9.17) is 5.84 Å². The van der Waals surface area contributed by atoms with Gasteiger partial charge in [0.05, 0.1) is 0 Å². The number of hydrogen-bond donors (Lipinski definition) is 2. The first-order valence-electron chi connectivity index (χ1n) is 5.25. The first-order chi connectivity index (χ1) is 8.19. The van der Waals surface area contributed by atoms with Crippen molar-refractivity contribution >= 4 is 17.6 Å². The maximum atomic E-state index is 5.36. The number of nitrogens with two attached hydrogens (primary N) is 1. The fourth-order valence-corrected chi connectivity index (χ4v) is 2.40. The first-order valence-corrected chi connectivity index (χ1v) is 6.06. The van der Waals surface area contributed by atoms with E-state index in [2.05, 4.69) is 34.5 Å². The molecule has 0 unspecified atom stereocenters. The average molecular weight is 246 g/mol. The lowest BCUT2D eigenvalue weighted by Crippen LogP contribution is -2.09. The summed E-state index contributed by atoms with van der Waals surface area (Å²) < 4.78 is 0. The van der Waals surface area contributed by atoms with Crippen molar-refractivity contribution in [2.24, 2.45) is 5.84 Å². The molecule has 0 aliphatic heterocycles. The number of anilines is 1. The molecule has 3 N–H and O–H groups in total. The van der Waals surface area contributed by atoms with Gasteiger partial charge in [-0.2, -0.15) is 0 Å². The summed E-state index contributed by atoms with van der Waals surface area (Å²) in [7, 11) is 0. The van der Waals surface area contributed by atoms with E-state index in [-0.39, 0.29) is 0 Å². The summed E-state index contributed by atoms with van der Waals surface area (Å²) in [5.74, 6) is 6.70. The highest BCUT2D eigenvalue weighted by Gasteiger charge is 2.04. The molecular weight excluding hydrogens is 232 g/mol. The largest absolute Gasteiger partial charge is 0.308 e. The minimum absolute atomic E-state index is 0.633. The highest BCUT2D eigenvalue weighted by molar-refractivity contribution is 7.99. The molecule has 2 aromatic rings. The fourth-order valence-electron chi connectivity index (χ4n) is 1.45. The van der Waals surface area contributed by atoms with E-state index in [0.29, 0.717) is 11.6 Å². The summed E-state index contributed by atoms with van der Waals surface area (Å²) >= 11 is 1.61. The number of hydrazine groups is 1. The molecule has 0 fully saturated rings. The Morgan fingerprint density at radius 2 is 1.94 bits per heavy atom. The second kappa shape index (κ2) is 5.16. The number of nitrogens with zero attached hydrogens (tertiary/aromatic N) is 2. The quantitative estimate of drug-likeness (QED) is 0.495. The number of hydrogen-bond acceptors (Lipinski definition) is 5. The predicted octanol–water partition coefficient (Wildman–Crippen LogP) is 2.53. The minimum Gasteiger partial charge on any atom is -0.308 e. The molecule has 2 rings (SSSR count). The van der Waals surface area contributed by atoms with Crippen molar-refractivity contribution < 1.29 is 0 Å². The van der Waals surface area contributed by atoms with Gasteiger partial charge in [0, 0.05) is 11.0 Å². The van der Waals surface area contributed by atoms with Gasteiger partial charge in [-0.1, -0.05) is 30.0 Å². The second-order valence-electron chi connectivity index (χ2n) is 3.65. The van der Waals surface area contributed by atoms with Crippen molar-refractivity contribution in [2.45, 2.75) is 23.8 Å². The SMILES string of the molecule is Cc1nc(NN)cc(Sc2ccccc2C)n1. The number of rotatable bonds is 3. The molecule has 1 aromatic heterocycles. The molecule has 88 valence electrons. The molecule has 0 saturated heterocycles. The van der Waals surface area contributed by atoms with Crippen LogP contribution in [-0.2, 0) is 0 Å². The Kier molecular flexibility index (Phi) is 3.61. The van der Waals surface area contributed by atoms with E-state index >= 15 is 0 Å². The van der Waals surface area contributed by atoms with Crippen molar-refractivity contribution in [1.82, 2.24) is 9.97 Å². The minimum atomic E-state index is 0.633. The van der Waals surface area contributed by atoms with Crippen molar-refractivity contribution in [3.05, 3.63) is 41.7 Å².